The summed E-state index contributed by atoms with van der Waals surface area (Å²) >= 11 is 0. The predicted octanol–water partition coefficient (Wildman–Crippen LogP) is 3.50. The lowest BCUT2D eigenvalue weighted by molar-refractivity contribution is -0.159. The Morgan fingerprint density at radius 2 is 1.88 bits per heavy atom. The van der Waals surface area contributed by atoms with Crippen LogP contribution in [0.25, 0.3) is 11.4 Å². The molecule has 2 amide bonds. The molecule has 134 valence electrons. The number of carbonyl (C=O) groups excluding carboxylic acids is 1. The quantitative estimate of drug-likeness (QED) is 0.881. The number of rotatable bonds is 4. The largest absolute Gasteiger partial charge is 0.471 e. The molecule has 1 aromatic heterocycles. The van der Waals surface area contributed by atoms with Crippen molar-refractivity contribution in [2.75, 3.05) is 0 Å². The van der Waals surface area contributed by atoms with Crippen LogP contribution in [0.15, 0.2) is 28.8 Å². The van der Waals surface area contributed by atoms with E-state index >= 15 is 0 Å². The van der Waals surface area contributed by atoms with Crippen molar-refractivity contribution in [2.45, 2.75) is 44.4 Å². The summed E-state index contributed by atoms with van der Waals surface area (Å²) in [5.41, 5.74) is 1.21. The first-order valence-corrected chi connectivity index (χ1v) is 7.96. The normalized spacial score (nSPS) is 15.3. The predicted molar refractivity (Wildman–Crippen MR) is 82.4 cm³/mol. The molecule has 25 heavy (non-hydrogen) atoms. The lowest BCUT2D eigenvalue weighted by Gasteiger charge is -2.13. The Balaban J connectivity index is 1.55. The first-order valence-electron chi connectivity index (χ1n) is 7.96. The van der Waals surface area contributed by atoms with Crippen molar-refractivity contribution in [3.05, 3.63) is 35.7 Å². The molecule has 0 spiro atoms. The van der Waals surface area contributed by atoms with Gasteiger partial charge in [-0.05, 0) is 18.4 Å². The highest BCUT2D eigenvalue weighted by Crippen LogP contribution is 2.29. The summed E-state index contributed by atoms with van der Waals surface area (Å²) in [5.74, 6) is -1.51. The van der Waals surface area contributed by atoms with Crippen LogP contribution in [0, 0.1) is 0 Å². The highest BCUT2D eigenvalue weighted by Gasteiger charge is 2.38. The molecule has 1 aliphatic rings. The molecule has 0 atom stereocenters. The molecule has 1 saturated carbocycles. The third kappa shape index (κ3) is 4.49. The highest BCUT2D eigenvalue weighted by atomic mass is 19.4. The van der Waals surface area contributed by atoms with Crippen LogP contribution in [0.3, 0.4) is 0 Å². The van der Waals surface area contributed by atoms with E-state index in [-0.39, 0.29) is 17.9 Å². The maximum absolute atomic E-state index is 12.5. The second-order valence-electron chi connectivity index (χ2n) is 5.93. The van der Waals surface area contributed by atoms with Gasteiger partial charge in [-0.3, -0.25) is 0 Å². The van der Waals surface area contributed by atoms with Gasteiger partial charge in [0, 0.05) is 18.2 Å². The topological polar surface area (TPSA) is 80.1 Å². The van der Waals surface area contributed by atoms with Crippen molar-refractivity contribution in [3.63, 3.8) is 0 Å². The molecule has 0 bridgehead atoms. The van der Waals surface area contributed by atoms with E-state index in [4.69, 9.17) is 0 Å². The molecule has 3 rings (SSSR count). The van der Waals surface area contributed by atoms with Gasteiger partial charge in [0.25, 0.3) is 0 Å². The van der Waals surface area contributed by atoms with Crippen LogP contribution < -0.4 is 10.6 Å². The Bertz CT molecular complexity index is 722. The Morgan fingerprint density at radius 3 is 2.48 bits per heavy atom. The van der Waals surface area contributed by atoms with E-state index in [1.165, 1.54) is 0 Å². The molecule has 0 saturated heterocycles. The number of benzene rings is 1. The standard InChI is InChI=1S/C16H17F3N4O2/c17-16(18,19)14-22-13(23-25-14)11-7-5-10(6-8-11)9-20-15(24)21-12-3-1-2-4-12/h5-8,12H,1-4,9H2,(H2,20,21,24). The van der Waals surface area contributed by atoms with Crippen molar-refractivity contribution in [1.29, 1.82) is 0 Å². The fraction of sp³-hybridized carbons (Fsp3) is 0.438. The van der Waals surface area contributed by atoms with Gasteiger partial charge in [-0.2, -0.15) is 18.2 Å². The van der Waals surface area contributed by atoms with E-state index in [0.717, 1.165) is 31.2 Å². The van der Waals surface area contributed by atoms with Crippen LogP contribution in [0.2, 0.25) is 0 Å². The number of carbonyl (C=O) groups is 1. The second kappa shape index (κ2) is 7.12. The first-order chi connectivity index (χ1) is 11.9. The van der Waals surface area contributed by atoms with E-state index in [1.54, 1.807) is 24.3 Å². The summed E-state index contributed by atoms with van der Waals surface area (Å²) < 4.78 is 41.6. The van der Waals surface area contributed by atoms with E-state index in [2.05, 4.69) is 25.3 Å². The van der Waals surface area contributed by atoms with E-state index < -0.39 is 12.1 Å². The minimum atomic E-state index is -4.66. The molecule has 1 heterocycles. The number of alkyl halides is 3. The maximum atomic E-state index is 12.5. The van der Waals surface area contributed by atoms with Crippen LogP contribution >= 0.6 is 0 Å². The molecular formula is C16H17F3N4O2. The van der Waals surface area contributed by atoms with Crippen molar-refractivity contribution < 1.29 is 22.5 Å². The Kier molecular flexibility index (Phi) is 4.91. The molecule has 2 aromatic rings. The third-order valence-electron chi connectivity index (χ3n) is 4.02. The average Bonchev–Trinajstić information content (AvgIpc) is 3.24. The minimum Gasteiger partial charge on any atom is -0.335 e. The fourth-order valence-corrected chi connectivity index (χ4v) is 2.72. The lowest BCUT2D eigenvalue weighted by Crippen LogP contribution is -2.40. The van der Waals surface area contributed by atoms with Crippen molar-refractivity contribution in [1.82, 2.24) is 20.8 Å². The van der Waals surface area contributed by atoms with Gasteiger partial charge in [-0.25, -0.2) is 4.79 Å². The summed E-state index contributed by atoms with van der Waals surface area (Å²) in [6.45, 7) is 0.318. The maximum Gasteiger partial charge on any atom is 0.471 e. The van der Waals surface area contributed by atoms with Crippen LogP contribution in [0.1, 0.15) is 37.1 Å². The Morgan fingerprint density at radius 1 is 1.20 bits per heavy atom. The molecule has 9 heteroatoms. The number of nitrogens with one attached hydrogen (secondary N) is 2. The zero-order valence-electron chi connectivity index (χ0n) is 13.3. The molecule has 0 aliphatic heterocycles. The minimum absolute atomic E-state index is 0.134. The van der Waals surface area contributed by atoms with Crippen LogP contribution in [0.4, 0.5) is 18.0 Å². The van der Waals surface area contributed by atoms with E-state index in [9.17, 15) is 18.0 Å². The average molecular weight is 354 g/mol. The number of urea groups is 1. The molecule has 1 aromatic carbocycles. The summed E-state index contributed by atoms with van der Waals surface area (Å²) in [6, 6.07) is 6.56. The fourth-order valence-electron chi connectivity index (χ4n) is 2.72. The van der Waals surface area contributed by atoms with Gasteiger partial charge < -0.3 is 15.2 Å². The Hall–Kier alpha value is -2.58. The number of amides is 2. The SMILES string of the molecule is O=C(NCc1ccc(-c2noc(C(F)(F)F)n2)cc1)NC1CCCC1. The molecule has 0 radical (unpaired) electrons. The highest BCUT2D eigenvalue weighted by molar-refractivity contribution is 5.74. The van der Waals surface area contributed by atoms with Crippen LogP contribution in [0.5, 0.6) is 0 Å². The summed E-state index contributed by atoms with van der Waals surface area (Å²) in [5, 5.41) is 9.00. The zero-order chi connectivity index (χ0) is 17.9. The first kappa shape index (κ1) is 17.2. The molecule has 1 fully saturated rings. The molecule has 2 N–H and O–H groups in total. The molecular weight excluding hydrogens is 337 g/mol. The summed E-state index contributed by atoms with van der Waals surface area (Å²) in [7, 11) is 0. The zero-order valence-corrected chi connectivity index (χ0v) is 13.3. The van der Waals surface area contributed by atoms with E-state index in [1.807, 2.05) is 0 Å². The van der Waals surface area contributed by atoms with Crippen LogP contribution in [-0.4, -0.2) is 22.2 Å². The van der Waals surface area contributed by atoms with E-state index in [0.29, 0.717) is 12.1 Å². The number of nitrogens with zero attached hydrogens (tertiary/aromatic N) is 2. The Labute approximate surface area is 141 Å². The van der Waals surface area contributed by atoms with Crippen molar-refractivity contribution in [3.8, 4) is 11.4 Å². The summed E-state index contributed by atoms with van der Waals surface area (Å²) in [6.07, 6.45) is -0.377. The van der Waals surface area contributed by atoms with Gasteiger partial charge in [0.15, 0.2) is 0 Å². The molecule has 0 unspecified atom stereocenters. The van der Waals surface area contributed by atoms with Crippen molar-refractivity contribution in [2.24, 2.45) is 0 Å². The van der Waals surface area contributed by atoms with Gasteiger partial charge in [0.05, 0.1) is 0 Å². The third-order valence-corrected chi connectivity index (χ3v) is 4.02. The van der Waals surface area contributed by atoms with Gasteiger partial charge in [-0.15, -0.1) is 0 Å². The van der Waals surface area contributed by atoms with Gasteiger partial charge in [-0.1, -0.05) is 42.3 Å². The van der Waals surface area contributed by atoms with Gasteiger partial charge in [0.2, 0.25) is 5.82 Å². The smallest absolute Gasteiger partial charge is 0.335 e. The lowest BCUT2D eigenvalue weighted by atomic mass is 10.1. The van der Waals surface area contributed by atoms with Crippen LogP contribution in [-0.2, 0) is 12.7 Å². The number of hydrogen-bond donors (Lipinski definition) is 2. The van der Waals surface area contributed by atoms with Crippen molar-refractivity contribution >= 4 is 6.03 Å². The molecule has 6 nitrogen and oxygen atoms in total. The monoisotopic (exact) mass is 354 g/mol. The second-order valence-corrected chi connectivity index (χ2v) is 5.93. The number of aromatic nitrogens is 2. The summed E-state index contributed by atoms with van der Waals surface area (Å²) in [4.78, 5) is 15.1. The van der Waals surface area contributed by atoms with Gasteiger partial charge in [0.1, 0.15) is 0 Å². The van der Waals surface area contributed by atoms with Gasteiger partial charge >= 0.3 is 18.1 Å². The number of hydrogen-bond acceptors (Lipinski definition) is 4. The number of halogens is 3. The molecule has 1 aliphatic carbocycles.